The molecule has 1 saturated carbocycles. The van der Waals surface area contributed by atoms with E-state index in [0.29, 0.717) is 48.4 Å². The second kappa shape index (κ2) is 7.82. The molecule has 2 aromatic rings. The maximum Gasteiger partial charge on any atom is 0.433 e. The number of pyridine rings is 1. The van der Waals surface area contributed by atoms with E-state index in [1.54, 1.807) is 0 Å². The van der Waals surface area contributed by atoms with Crippen molar-refractivity contribution in [1.82, 2.24) is 9.97 Å². The van der Waals surface area contributed by atoms with E-state index in [4.69, 9.17) is 0 Å². The second-order valence-electron chi connectivity index (χ2n) is 8.17. The molecule has 2 aromatic heterocycles. The van der Waals surface area contributed by atoms with Crippen LogP contribution in [-0.4, -0.2) is 25.3 Å². The van der Waals surface area contributed by atoms with Crippen LogP contribution in [0.15, 0.2) is 14.8 Å². The molecule has 2 amide bonds. The van der Waals surface area contributed by atoms with Crippen LogP contribution in [0.1, 0.15) is 66.6 Å². The number of aliphatic hydroxyl groups is 1. The van der Waals surface area contributed by atoms with Crippen molar-refractivity contribution in [2.24, 2.45) is 4.36 Å². The van der Waals surface area contributed by atoms with E-state index < -0.39 is 34.1 Å². The summed E-state index contributed by atoms with van der Waals surface area (Å²) in [5.74, 6) is -0.310. The number of nitrogens with one attached hydrogen (secondary N) is 1. The number of amides is 2. The highest BCUT2D eigenvalue weighted by Crippen LogP contribution is 2.50. The maximum absolute atomic E-state index is 13.7. The zero-order valence-electron chi connectivity index (χ0n) is 16.8. The number of alkyl halides is 3. The van der Waals surface area contributed by atoms with Crippen LogP contribution in [0.4, 0.5) is 23.7 Å². The summed E-state index contributed by atoms with van der Waals surface area (Å²) in [6.45, 7) is 3.04. The van der Waals surface area contributed by atoms with Gasteiger partial charge in [0.05, 0.1) is 22.5 Å². The number of hydrogen-bond donors (Lipinski definition) is 3. The van der Waals surface area contributed by atoms with Gasteiger partial charge in [-0.2, -0.15) is 13.2 Å². The quantitative estimate of drug-likeness (QED) is 0.570. The first-order chi connectivity index (χ1) is 14.4. The number of aryl methyl sites for hydroxylation is 1. The lowest BCUT2D eigenvalue weighted by Crippen LogP contribution is -2.19. The molecule has 0 spiro atoms. The Morgan fingerprint density at radius 1 is 1.32 bits per heavy atom. The third-order valence-corrected chi connectivity index (χ3v) is 7.85. The van der Waals surface area contributed by atoms with Gasteiger partial charge >= 0.3 is 12.2 Å². The monoisotopic (exact) mass is 474 g/mol. The van der Waals surface area contributed by atoms with Crippen LogP contribution >= 0.6 is 11.3 Å². The second-order valence-corrected chi connectivity index (χ2v) is 10.7. The zero-order chi connectivity index (χ0) is 22.6. The molecule has 31 heavy (non-hydrogen) atoms. The topological polar surface area (TPSA) is 105 Å². The summed E-state index contributed by atoms with van der Waals surface area (Å²) in [6.07, 6.45) is -0.578. The van der Waals surface area contributed by atoms with Crippen molar-refractivity contribution >= 4 is 33.7 Å². The summed E-state index contributed by atoms with van der Waals surface area (Å²) in [5, 5.41) is 12.8. The fourth-order valence-corrected chi connectivity index (χ4v) is 5.45. The molecule has 2 aliphatic carbocycles. The molecule has 1 atom stereocenters. The number of hydrogen-bond acceptors (Lipinski definition) is 6. The van der Waals surface area contributed by atoms with Crippen LogP contribution in [0.2, 0.25) is 0 Å². The summed E-state index contributed by atoms with van der Waals surface area (Å²) >= 11 is 0.963. The van der Waals surface area contributed by atoms with E-state index in [1.807, 2.05) is 0 Å². The van der Waals surface area contributed by atoms with Gasteiger partial charge in [-0.1, -0.05) is 0 Å². The van der Waals surface area contributed by atoms with Gasteiger partial charge in [-0.25, -0.2) is 19.0 Å². The summed E-state index contributed by atoms with van der Waals surface area (Å²) in [4.78, 5) is 20.4. The van der Waals surface area contributed by atoms with Gasteiger partial charge in [0, 0.05) is 11.3 Å². The van der Waals surface area contributed by atoms with E-state index in [0.717, 1.165) is 11.3 Å². The first kappa shape index (κ1) is 22.2. The van der Waals surface area contributed by atoms with Crippen molar-refractivity contribution in [2.45, 2.75) is 67.9 Å². The van der Waals surface area contributed by atoms with Crippen LogP contribution < -0.4 is 5.32 Å². The smallest absolute Gasteiger partial charge is 0.383 e. The molecule has 2 heterocycles. The fraction of sp³-hybridized carbons (Fsp3) is 0.526. The van der Waals surface area contributed by atoms with E-state index in [-0.39, 0.29) is 21.4 Å². The molecule has 0 radical (unpaired) electrons. The number of carbonyl (C=O) groups excluding carboxylic acids is 1. The van der Waals surface area contributed by atoms with E-state index in [9.17, 15) is 27.3 Å². The normalized spacial score (nSPS) is 17.6. The van der Waals surface area contributed by atoms with Crippen molar-refractivity contribution in [3.05, 3.63) is 33.7 Å². The van der Waals surface area contributed by atoms with Gasteiger partial charge < -0.3 is 10.4 Å². The third-order valence-electron chi connectivity index (χ3n) is 5.13. The highest BCUT2D eigenvalue weighted by Gasteiger charge is 2.43. The average molecular weight is 475 g/mol. The molecule has 0 aliphatic heterocycles. The molecule has 0 bridgehead atoms. The number of thiol groups is 1. The van der Waals surface area contributed by atoms with Gasteiger partial charge in [0.15, 0.2) is 0 Å². The third kappa shape index (κ3) is 4.60. The number of halogens is 3. The minimum Gasteiger partial charge on any atom is -0.383 e. The van der Waals surface area contributed by atoms with Gasteiger partial charge in [0.1, 0.15) is 20.5 Å². The summed E-state index contributed by atoms with van der Waals surface area (Å²) in [6, 6.07) is -0.977. The number of aromatic nitrogens is 2. The molecule has 1 unspecified atom stereocenters. The lowest BCUT2D eigenvalue weighted by atomic mass is 10.00. The number of anilines is 1. The molecule has 4 rings (SSSR count). The van der Waals surface area contributed by atoms with Gasteiger partial charge in [-0.05, 0) is 57.4 Å². The molecular weight excluding hydrogens is 453 g/mol. The van der Waals surface area contributed by atoms with Crippen molar-refractivity contribution in [1.29, 1.82) is 0 Å². The summed E-state index contributed by atoms with van der Waals surface area (Å²) in [7, 11) is -2.51. The molecule has 168 valence electrons. The Morgan fingerprint density at radius 3 is 2.61 bits per heavy atom. The predicted molar refractivity (Wildman–Crippen MR) is 110 cm³/mol. The molecular formula is C19H21F3N4O3S2. The lowest BCUT2D eigenvalue weighted by molar-refractivity contribution is -0.141. The highest BCUT2D eigenvalue weighted by atomic mass is 32.2. The Hall–Kier alpha value is -2.05. The van der Waals surface area contributed by atoms with Crippen molar-refractivity contribution < 1.29 is 27.3 Å². The zero-order valence-corrected chi connectivity index (χ0v) is 18.5. The number of rotatable bonds is 4. The summed E-state index contributed by atoms with van der Waals surface area (Å²) in [5.41, 5.74) is -1.10. The Bertz CT molecular complexity index is 1130. The van der Waals surface area contributed by atoms with Gasteiger partial charge in [0.25, 0.3) is 0 Å². The molecule has 0 aromatic carbocycles. The van der Waals surface area contributed by atoms with E-state index in [2.05, 4.69) is 19.6 Å². The fourth-order valence-electron chi connectivity index (χ4n) is 3.63. The van der Waals surface area contributed by atoms with Gasteiger partial charge in [-0.3, -0.25) is 0 Å². The number of thiazole rings is 1. The molecule has 12 heteroatoms. The first-order valence-electron chi connectivity index (χ1n) is 9.76. The Kier molecular flexibility index (Phi) is 5.59. The molecule has 7 nitrogen and oxygen atoms in total. The standard InChI is InChI=1S/C19H21F3N4O3S2/c1-18(2,28)16-23-8-12(30-16)31(29)26-17(27)25-14-10-4-3-5-11(10)24-15(19(20,21)22)13(14)9-6-7-9/h8-9,28,31H,3-7H2,1-2H3,(H,24,25,27). The molecule has 0 saturated heterocycles. The molecule has 2 N–H and O–H groups in total. The van der Waals surface area contributed by atoms with E-state index >= 15 is 0 Å². The van der Waals surface area contributed by atoms with Crippen molar-refractivity contribution in [3.63, 3.8) is 0 Å². The largest absolute Gasteiger partial charge is 0.433 e. The van der Waals surface area contributed by atoms with Crippen LogP contribution in [0.25, 0.3) is 0 Å². The Morgan fingerprint density at radius 2 is 2.03 bits per heavy atom. The highest BCUT2D eigenvalue weighted by molar-refractivity contribution is 7.78. The first-order valence-corrected chi connectivity index (χ1v) is 11.8. The summed E-state index contributed by atoms with van der Waals surface area (Å²) < 4.78 is 57.4. The van der Waals surface area contributed by atoms with Crippen LogP contribution in [0.5, 0.6) is 0 Å². The number of fused-ring (bicyclic) bond motifs is 1. The predicted octanol–water partition coefficient (Wildman–Crippen LogP) is 4.41. The number of carbonyl (C=O) groups is 1. The number of urea groups is 1. The lowest BCUT2D eigenvalue weighted by Gasteiger charge is -2.19. The Balaban J connectivity index is 1.68. The number of nitrogens with zero attached hydrogens (tertiary/aromatic N) is 3. The Labute approximate surface area is 182 Å². The van der Waals surface area contributed by atoms with Crippen LogP contribution in [0.3, 0.4) is 0 Å². The SMILES string of the molecule is CC(C)(O)c1ncc(/[SH](=O)=N/C(=O)Nc2c3c(nc(C(F)(F)F)c2C2CC2)CCC3)s1. The van der Waals surface area contributed by atoms with Crippen molar-refractivity contribution in [2.75, 3.05) is 5.32 Å². The van der Waals surface area contributed by atoms with Gasteiger partial charge in [-0.15, -0.1) is 15.7 Å². The van der Waals surface area contributed by atoms with Crippen LogP contribution in [0, 0.1) is 0 Å². The molecule has 2 aliphatic rings. The minimum atomic E-state index is -4.63. The van der Waals surface area contributed by atoms with Gasteiger partial charge in [0.2, 0.25) is 0 Å². The maximum atomic E-state index is 13.7. The van der Waals surface area contributed by atoms with E-state index in [1.165, 1.54) is 20.0 Å². The average Bonchev–Trinajstić information content (AvgIpc) is 3.16. The molecule has 1 fully saturated rings. The van der Waals surface area contributed by atoms with Crippen molar-refractivity contribution in [3.8, 4) is 0 Å². The minimum absolute atomic E-state index is 0.00836. The van der Waals surface area contributed by atoms with Crippen LogP contribution in [-0.2, 0) is 35.2 Å².